The van der Waals surface area contributed by atoms with Gasteiger partial charge in [-0.1, -0.05) is 64.9 Å². The minimum atomic E-state index is -0.949. The Morgan fingerprint density at radius 1 is 0.952 bits per heavy atom. The van der Waals surface area contributed by atoms with E-state index in [0.717, 1.165) is 25.7 Å². The van der Waals surface area contributed by atoms with Crippen LogP contribution in [0.15, 0.2) is 12.2 Å². The van der Waals surface area contributed by atoms with E-state index in [2.05, 4.69) is 6.92 Å². The fourth-order valence-corrected chi connectivity index (χ4v) is 2.15. The summed E-state index contributed by atoms with van der Waals surface area (Å²) < 4.78 is 0. The molecule has 0 aromatic carbocycles. The van der Waals surface area contributed by atoms with Gasteiger partial charge in [0.25, 0.3) is 0 Å². The summed E-state index contributed by atoms with van der Waals surface area (Å²) in [6, 6.07) is 0. The molecule has 4 nitrogen and oxygen atoms in total. The largest absolute Gasteiger partial charge is 0.480 e. The van der Waals surface area contributed by atoms with Crippen LogP contribution in [0.3, 0.4) is 0 Å². The first kappa shape index (κ1) is 19.7. The molecule has 0 atom stereocenters. The molecule has 0 aromatic heterocycles. The minimum absolute atomic E-state index is 0.183. The second-order valence-corrected chi connectivity index (χ2v) is 5.47. The normalized spacial score (nSPS) is 11.0. The van der Waals surface area contributed by atoms with Gasteiger partial charge in [-0.3, -0.25) is 9.59 Å². The van der Waals surface area contributed by atoms with Crippen molar-refractivity contribution in [1.82, 2.24) is 4.90 Å². The molecule has 0 fully saturated rings. The molecule has 0 aliphatic carbocycles. The van der Waals surface area contributed by atoms with Crippen molar-refractivity contribution in [3.63, 3.8) is 0 Å². The van der Waals surface area contributed by atoms with Gasteiger partial charge in [-0.2, -0.15) is 0 Å². The molecule has 1 N–H and O–H groups in total. The number of amides is 1. The third-order valence-corrected chi connectivity index (χ3v) is 3.39. The van der Waals surface area contributed by atoms with Gasteiger partial charge in [0, 0.05) is 6.54 Å². The summed E-state index contributed by atoms with van der Waals surface area (Å²) >= 11 is 0. The highest BCUT2D eigenvalue weighted by molar-refractivity contribution is 5.89. The second kappa shape index (κ2) is 13.7. The zero-order chi connectivity index (χ0) is 15.9. The van der Waals surface area contributed by atoms with Gasteiger partial charge in [0.05, 0.1) is 0 Å². The monoisotopic (exact) mass is 297 g/mol. The molecule has 0 unspecified atom stereocenters. The van der Waals surface area contributed by atoms with Crippen LogP contribution in [0, 0.1) is 0 Å². The van der Waals surface area contributed by atoms with Gasteiger partial charge >= 0.3 is 5.97 Å². The van der Waals surface area contributed by atoms with Gasteiger partial charge in [-0.25, -0.2) is 0 Å². The first-order valence-electron chi connectivity index (χ1n) is 8.29. The summed E-state index contributed by atoms with van der Waals surface area (Å²) in [5.41, 5.74) is 0. The molecule has 0 saturated heterocycles. The van der Waals surface area contributed by atoms with Crippen molar-refractivity contribution in [2.45, 2.75) is 71.6 Å². The maximum Gasteiger partial charge on any atom is 0.323 e. The van der Waals surface area contributed by atoms with E-state index in [-0.39, 0.29) is 12.5 Å². The van der Waals surface area contributed by atoms with E-state index in [1.54, 1.807) is 0 Å². The van der Waals surface area contributed by atoms with Crippen molar-refractivity contribution in [3.05, 3.63) is 12.2 Å². The van der Waals surface area contributed by atoms with Crippen LogP contribution in [0.2, 0.25) is 0 Å². The Kier molecular flexibility index (Phi) is 12.8. The second-order valence-electron chi connectivity index (χ2n) is 5.47. The average Bonchev–Trinajstić information content (AvgIpc) is 2.44. The molecule has 0 heterocycles. The molecular weight excluding hydrogens is 266 g/mol. The van der Waals surface area contributed by atoms with E-state index in [1.165, 1.54) is 43.1 Å². The summed E-state index contributed by atoms with van der Waals surface area (Å²) in [6.07, 6.45) is 13.3. The maximum atomic E-state index is 11.9. The fraction of sp³-hybridized carbons (Fsp3) is 0.765. The molecule has 21 heavy (non-hydrogen) atoms. The van der Waals surface area contributed by atoms with Crippen molar-refractivity contribution < 1.29 is 14.7 Å². The van der Waals surface area contributed by atoms with Crippen LogP contribution in [-0.4, -0.2) is 35.0 Å². The summed E-state index contributed by atoms with van der Waals surface area (Å²) in [7, 11) is 0. The molecule has 0 bridgehead atoms. The maximum absolute atomic E-state index is 11.9. The number of carbonyl (C=O) groups is 2. The number of hydrogen-bond donors (Lipinski definition) is 1. The van der Waals surface area contributed by atoms with E-state index in [4.69, 9.17) is 5.11 Å². The Labute approximate surface area is 129 Å². The van der Waals surface area contributed by atoms with Crippen molar-refractivity contribution in [2.24, 2.45) is 0 Å². The van der Waals surface area contributed by atoms with Crippen molar-refractivity contribution >= 4 is 11.9 Å². The van der Waals surface area contributed by atoms with E-state index < -0.39 is 5.97 Å². The molecule has 0 aliphatic rings. The molecule has 1 amide bonds. The SMILES string of the molecule is CCC/C=C/C(=O)N(CCCCCCCCC)CC(=O)O. The van der Waals surface area contributed by atoms with Gasteiger partial charge in [-0.15, -0.1) is 0 Å². The van der Waals surface area contributed by atoms with E-state index in [1.807, 2.05) is 13.0 Å². The lowest BCUT2D eigenvalue weighted by molar-refractivity contribution is -0.142. The Morgan fingerprint density at radius 3 is 2.14 bits per heavy atom. The number of rotatable bonds is 13. The molecule has 4 heteroatoms. The average molecular weight is 297 g/mol. The van der Waals surface area contributed by atoms with E-state index in [0.29, 0.717) is 6.54 Å². The molecule has 0 aromatic rings. The Bertz CT molecular complexity index is 313. The van der Waals surface area contributed by atoms with Crippen LogP contribution < -0.4 is 0 Å². The lowest BCUT2D eigenvalue weighted by Crippen LogP contribution is -2.35. The number of hydrogen-bond acceptors (Lipinski definition) is 2. The number of nitrogens with zero attached hydrogens (tertiary/aromatic N) is 1. The Morgan fingerprint density at radius 2 is 1.57 bits per heavy atom. The summed E-state index contributed by atoms with van der Waals surface area (Å²) in [6.45, 7) is 4.57. The predicted molar refractivity (Wildman–Crippen MR) is 86.3 cm³/mol. The minimum Gasteiger partial charge on any atom is -0.480 e. The number of carbonyl (C=O) groups excluding carboxylic acids is 1. The predicted octanol–water partition coefficient (Wildman–Crippen LogP) is 4.01. The number of carboxylic acids is 1. The zero-order valence-electron chi connectivity index (χ0n) is 13.6. The van der Waals surface area contributed by atoms with Gasteiger partial charge in [0.15, 0.2) is 0 Å². The van der Waals surface area contributed by atoms with Crippen molar-refractivity contribution in [1.29, 1.82) is 0 Å². The number of allylic oxidation sites excluding steroid dienone is 1. The smallest absolute Gasteiger partial charge is 0.323 e. The number of aliphatic carboxylic acids is 1. The summed E-state index contributed by atoms with van der Waals surface area (Å²) in [5.74, 6) is -1.13. The van der Waals surface area contributed by atoms with Gasteiger partial charge < -0.3 is 10.0 Å². The quantitative estimate of drug-likeness (QED) is 0.413. The highest BCUT2D eigenvalue weighted by Gasteiger charge is 2.13. The van der Waals surface area contributed by atoms with Crippen LogP contribution in [0.1, 0.15) is 71.6 Å². The van der Waals surface area contributed by atoms with Crippen LogP contribution in [0.5, 0.6) is 0 Å². The molecule has 0 spiro atoms. The number of carboxylic acid groups (broad SMARTS) is 1. The van der Waals surface area contributed by atoms with Crippen molar-refractivity contribution in [3.8, 4) is 0 Å². The lowest BCUT2D eigenvalue weighted by atomic mass is 10.1. The Hall–Kier alpha value is -1.32. The molecule has 0 aliphatic heterocycles. The van der Waals surface area contributed by atoms with Crippen LogP contribution in [0.4, 0.5) is 0 Å². The first-order valence-corrected chi connectivity index (χ1v) is 8.29. The van der Waals surface area contributed by atoms with E-state index >= 15 is 0 Å². The van der Waals surface area contributed by atoms with Crippen LogP contribution >= 0.6 is 0 Å². The van der Waals surface area contributed by atoms with Crippen LogP contribution in [0.25, 0.3) is 0 Å². The third-order valence-electron chi connectivity index (χ3n) is 3.39. The zero-order valence-corrected chi connectivity index (χ0v) is 13.6. The molecular formula is C17H31NO3. The highest BCUT2D eigenvalue weighted by atomic mass is 16.4. The molecule has 0 radical (unpaired) electrons. The standard InChI is InChI=1S/C17H31NO3/c1-3-5-7-8-9-10-12-14-18(15-17(20)21)16(19)13-11-6-4-2/h11,13H,3-10,12,14-15H2,1-2H3,(H,20,21)/b13-11+. The van der Waals surface area contributed by atoms with Crippen LogP contribution in [-0.2, 0) is 9.59 Å². The van der Waals surface area contributed by atoms with Gasteiger partial charge in [0.1, 0.15) is 6.54 Å². The highest BCUT2D eigenvalue weighted by Crippen LogP contribution is 2.08. The lowest BCUT2D eigenvalue weighted by Gasteiger charge is -2.18. The topological polar surface area (TPSA) is 57.6 Å². The van der Waals surface area contributed by atoms with Crippen molar-refractivity contribution in [2.75, 3.05) is 13.1 Å². The molecule has 122 valence electrons. The molecule has 0 rings (SSSR count). The third kappa shape index (κ3) is 12.2. The number of unbranched alkanes of at least 4 members (excludes halogenated alkanes) is 7. The van der Waals surface area contributed by atoms with Gasteiger partial charge in [-0.05, 0) is 18.9 Å². The van der Waals surface area contributed by atoms with Gasteiger partial charge in [0.2, 0.25) is 5.91 Å². The first-order chi connectivity index (χ1) is 10.1. The molecule has 0 saturated carbocycles. The Balaban J connectivity index is 4.01. The summed E-state index contributed by atoms with van der Waals surface area (Å²) in [5, 5.41) is 8.89. The fourth-order valence-electron chi connectivity index (χ4n) is 2.15. The van der Waals surface area contributed by atoms with E-state index in [9.17, 15) is 9.59 Å². The summed E-state index contributed by atoms with van der Waals surface area (Å²) in [4.78, 5) is 24.2.